The van der Waals surface area contributed by atoms with Crippen molar-refractivity contribution in [2.24, 2.45) is 0 Å². The lowest BCUT2D eigenvalue weighted by Gasteiger charge is -2.26. The fraction of sp³-hybridized carbons (Fsp3) is 0.419. The molecule has 1 aliphatic heterocycles. The Balaban J connectivity index is 1.93. The van der Waals surface area contributed by atoms with Gasteiger partial charge in [-0.15, -0.1) is 0 Å². The van der Waals surface area contributed by atoms with Crippen molar-refractivity contribution in [3.8, 4) is 23.0 Å². The van der Waals surface area contributed by atoms with Crippen LogP contribution < -0.4 is 4.74 Å². The molecular formula is C43H52O6S4. The van der Waals surface area contributed by atoms with Crippen molar-refractivity contribution >= 4 is 53.2 Å². The zero-order valence-corrected chi connectivity index (χ0v) is 36.3. The first kappa shape index (κ1) is 41.1. The highest BCUT2D eigenvalue weighted by atomic mass is 32.2. The highest BCUT2D eigenvalue weighted by molar-refractivity contribution is 8.01. The van der Waals surface area contributed by atoms with E-state index in [0.29, 0.717) is 39.2 Å². The van der Waals surface area contributed by atoms with Crippen molar-refractivity contribution < 1.29 is 29.6 Å². The normalized spacial score (nSPS) is 13.8. The van der Waals surface area contributed by atoms with Gasteiger partial charge in [-0.3, -0.25) is 0 Å². The molecule has 0 unspecified atom stereocenters. The number of carbonyl (C=O) groups is 1. The number of phenols is 3. The lowest BCUT2D eigenvalue weighted by atomic mass is 9.87. The van der Waals surface area contributed by atoms with Crippen molar-refractivity contribution in [1.29, 1.82) is 0 Å². The van der Waals surface area contributed by atoms with E-state index in [1.807, 2.05) is 48.5 Å². The molecule has 0 spiro atoms. The van der Waals surface area contributed by atoms with Gasteiger partial charge in [-0.2, -0.15) is 0 Å². The first-order chi connectivity index (χ1) is 24.4. The lowest BCUT2D eigenvalue weighted by molar-refractivity contribution is 0.102. The third-order valence-corrected chi connectivity index (χ3v) is 13.2. The number of carbonyl (C=O) groups excluding carboxylic acids is 1. The molecule has 0 aliphatic carbocycles. The molecule has 0 radical (unpaired) electrons. The van der Waals surface area contributed by atoms with E-state index in [-0.39, 0.29) is 51.3 Å². The minimum Gasteiger partial charge on any atom is -0.506 e. The van der Waals surface area contributed by atoms with Crippen LogP contribution >= 0.6 is 47.0 Å². The van der Waals surface area contributed by atoms with Gasteiger partial charge in [0.05, 0.1) is 45.8 Å². The molecule has 10 heteroatoms. The Morgan fingerprint density at radius 2 is 0.698 bits per heavy atom. The van der Waals surface area contributed by atoms with Crippen LogP contribution in [0.2, 0.25) is 0 Å². The lowest BCUT2D eigenvalue weighted by Crippen LogP contribution is -2.15. The molecule has 0 aromatic heterocycles. The quantitative estimate of drug-likeness (QED) is 0.118. The zero-order chi connectivity index (χ0) is 39.4. The number of hydrogen-bond acceptors (Lipinski definition) is 10. The molecule has 0 fully saturated rings. The van der Waals surface area contributed by atoms with E-state index in [9.17, 15) is 20.1 Å². The summed E-state index contributed by atoms with van der Waals surface area (Å²) in [6, 6.07) is 15.9. The summed E-state index contributed by atoms with van der Waals surface area (Å²) >= 11 is 5.23. The predicted octanol–water partition coefficient (Wildman–Crippen LogP) is 13.4. The first-order valence-electron chi connectivity index (χ1n) is 17.7. The van der Waals surface area contributed by atoms with E-state index in [4.69, 9.17) is 9.47 Å². The average Bonchev–Trinajstić information content (AvgIpc) is 3.01. The molecule has 1 heterocycles. The Bertz CT molecular complexity index is 1940. The number of hydrogen-bond donors (Lipinski definition) is 3. The Labute approximate surface area is 332 Å². The monoisotopic (exact) mass is 792 g/mol. The topological polar surface area (TPSA) is 96.2 Å². The van der Waals surface area contributed by atoms with Crippen molar-refractivity contribution in [2.75, 3.05) is 6.61 Å². The van der Waals surface area contributed by atoms with E-state index in [1.165, 1.54) is 47.0 Å². The smallest absolute Gasteiger partial charge is 0.506 e. The second kappa shape index (κ2) is 14.9. The number of ether oxygens (including phenoxy) is 2. The first-order valence-corrected chi connectivity index (χ1v) is 21.0. The average molecular weight is 793 g/mol. The highest BCUT2D eigenvalue weighted by Crippen LogP contribution is 2.55. The maximum absolute atomic E-state index is 13.1. The van der Waals surface area contributed by atoms with E-state index in [1.54, 1.807) is 6.92 Å². The third-order valence-electron chi connectivity index (χ3n) is 8.93. The number of benzene rings is 4. The Morgan fingerprint density at radius 3 is 0.925 bits per heavy atom. The van der Waals surface area contributed by atoms with E-state index in [0.717, 1.165) is 22.3 Å². The summed E-state index contributed by atoms with van der Waals surface area (Å²) in [7, 11) is 0. The molecule has 0 saturated carbocycles. The molecule has 1 aliphatic rings. The maximum atomic E-state index is 13.1. The van der Waals surface area contributed by atoms with Gasteiger partial charge in [0.1, 0.15) is 17.2 Å². The van der Waals surface area contributed by atoms with Gasteiger partial charge in [-0.1, -0.05) is 130 Å². The Morgan fingerprint density at radius 1 is 0.472 bits per heavy atom. The molecule has 0 amide bonds. The number of phenolic OH excluding ortho intramolecular Hbond substituents is 3. The zero-order valence-electron chi connectivity index (χ0n) is 33.0. The van der Waals surface area contributed by atoms with Gasteiger partial charge < -0.3 is 24.8 Å². The molecule has 5 rings (SSSR count). The van der Waals surface area contributed by atoms with Crippen LogP contribution in [0.5, 0.6) is 23.0 Å². The van der Waals surface area contributed by atoms with Crippen LogP contribution in [0, 0.1) is 0 Å². The molecule has 4 aromatic rings. The standard InChI is InChI=1S/C43H52O6S4/c1-14-48-39(47)49-38-33-21-26(43(11,12)13)22-34(38)53-32-20-25(42(8,9)10)18-30(37(32)46)51-28-16-23(40(2,3)4)15-27(35(28)44)50-29-17-24(41(5,6)7)19-31(52-33)36(29)45/h15-22,44-46H,14H2,1-13H3. The summed E-state index contributed by atoms with van der Waals surface area (Å²) in [5.74, 6) is 0.477. The van der Waals surface area contributed by atoms with Gasteiger partial charge >= 0.3 is 6.16 Å². The van der Waals surface area contributed by atoms with Gasteiger partial charge in [0.2, 0.25) is 0 Å². The minimum atomic E-state index is -0.842. The molecule has 3 N–H and O–H groups in total. The van der Waals surface area contributed by atoms with E-state index in [2.05, 4.69) is 83.1 Å². The molecule has 6 nitrogen and oxygen atoms in total. The minimum absolute atomic E-state index is 0.0602. The fourth-order valence-electron chi connectivity index (χ4n) is 5.48. The van der Waals surface area contributed by atoms with E-state index < -0.39 is 6.16 Å². The van der Waals surface area contributed by atoms with Gasteiger partial charge in [0.25, 0.3) is 0 Å². The summed E-state index contributed by atoms with van der Waals surface area (Å²) in [6.07, 6.45) is -0.842. The van der Waals surface area contributed by atoms with Crippen LogP contribution in [-0.2, 0) is 26.4 Å². The van der Waals surface area contributed by atoms with E-state index >= 15 is 0 Å². The SMILES string of the molecule is CCOC(=O)Oc1c2cc(C(C)(C)C)cc1Sc1cc(C(C)(C)C)cc(c1O)Sc1cc(C(C)(C)C)cc(c1O)Sc1cc(C(C)(C)C)cc(c1O)S2. The Hall–Kier alpha value is -3.05. The molecule has 4 aromatic carbocycles. The number of rotatable bonds is 2. The molecule has 53 heavy (non-hydrogen) atoms. The fourth-order valence-corrected chi connectivity index (χ4v) is 9.90. The summed E-state index contributed by atoms with van der Waals surface area (Å²) < 4.78 is 11.3. The number of fused-ring (bicyclic) bond motifs is 8. The van der Waals surface area contributed by atoms with Crippen LogP contribution in [0.25, 0.3) is 0 Å². The summed E-state index contributed by atoms with van der Waals surface area (Å²) in [5, 5.41) is 36.1. The van der Waals surface area contributed by atoms with Gasteiger partial charge in [-0.05, 0) is 99.4 Å². The van der Waals surface area contributed by atoms with Crippen molar-refractivity contribution in [2.45, 2.75) is 151 Å². The summed E-state index contributed by atoms with van der Waals surface area (Å²) in [6.45, 7) is 27.3. The van der Waals surface area contributed by atoms with Gasteiger partial charge in [0.15, 0.2) is 5.75 Å². The summed E-state index contributed by atoms with van der Waals surface area (Å²) in [4.78, 5) is 17.8. The van der Waals surface area contributed by atoms with Crippen molar-refractivity contribution in [3.05, 3.63) is 70.8 Å². The second-order valence-corrected chi connectivity index (χ2v) is 21.8. The molecule has 284 valence electrons. The summed E-state index contributed by atoms with van der Waals surface area (Å²) in [5.41, 5.74) is 2.86. The van der Waals surface area contributed by atoms with Crippen molar-refractivity contribution in [3.63, 3.8) is 0 Å². The van der Waals surface area contributed by atoms with Gasteiger partial charge in [0, 0.05) is 0 Å². The Kier molecular flexibility index (Phi) is 11.5. The third kappa shape index (κ3) is 9.26. The van der Waals surface area contributed by atoms with Gasteiger partial charge in [-0.25, -0.2) is 4.79 Å². The second-order valence-electron chi connectivity index (χ2n) is 17.5. The number of aromatic hydroxyl groups is 3. The highest BCUT2D eigenvalue weighted by Gasteiger charge is 2.29. The molecule has 0 saturated heterocycles. The van der Waals surface area contributed by atoms with Crippen LogP contribution in [0.15, 0.2) is 87.7 Å². The maximum Gasteiger partial charge on any atom is 0.513 e. The largest absolute Gasteiger partial charge is 0.513 e. The predicted molar refractivity (Wildman–Crippen MR) is 220 cm³/mol. The van der Waals surface area contributed by atoms with Crippen LogP contribution in [-0.4, -0.2) is 28.1 Å². The molecular weight excluding hydrogens is 741 g/mol. The van der Waals surface area contributed by atoms with Crippen LogP contribution in [0.3, 0.4) is 0 Å². The van der Waals surface area contributed by atoms with Crippen molar-refractivity contribution in [1.82, 2.24) is 0 Å². The van der Waals surface area contributed by atoms with Crippen LogP contribution in [0.1, 0.15) is 112 Å². The molecule has 8 bridgehead atoms. The molecule has 0 atom stereocenters. The van der Waals surface area contributed by atoms with Crippen LogP contribution in [0.4, 0.5) is 4.79 Å².